The van der Waals surface area contributed by atoms with Crippen LogP contribution in [0.25, 0.3) is 10.8 Å². The van der Waals surface area contributed by atoms with Crippen LogP contribution in [-0.4, -0.2) is 103 Å². The Bertz CT molecular complexity index is 2090. The highest BCUT2D eigenvalue weighted by atomic mass is 32.2. The summed E-state index contributed by atoms with van der Waals surface area (Å²) >= 11 is 0. The Hall–Kier alpha value is -4.32. The summed E-state index contributed by atoms with van der Waals surface area (Å²) in [5.41, 5.74) is -4.41. The van der Waals surface area contributed by atoms with Crippen molar-refractivity contribution < 1.29 is 64.1 Å². The molecule has 2 amide bonds. The average Bonchev–Trinajstić information content (AvgIpc) is 4.08. The molecule has 18 heteroatoms. The Kier molecular flexibility index (Phi) is 12.5. The van der Waals surface area contributed by atoms with Crippen LogP contribution in [0.4, 0.5) is 17.6 Å². The molecule has 1 aromatic carbocycles. The molecule has 1 aromatic heterocycles. The number of pyridine rings is 1. The summed E-state index contributed by atoms with van der Waals surface area (Å²) in [6, 6.07) is 5.83. The number of ketones is 1. The second-order valence-corrected chi connectivity index (χ2v) is 18.8. The molecule has 3 heterocycles. The van der Waals surface area contributed by atoms with Crippen LogP contribution in [0.3, 0.4) is 0 Å². The van der Waals surface area contributed by atoms with Crippen LogP contribution in [0.15, 0.2) is 42.6 Å². The quantitative estimate of drug-likeness (QED) is 0.162. The zero-order valence-electron chi connectivity index (χ0n) is 33.7. The van der Waals surface area contributed by atoms with Crippen molar-refractivity contribution in [3.8, 4) is 11.6 Å². The Labute approximate surface area is 340 Å². The Morgan fingerprint density at radius 2 is 1.81 bits per heavy atom. The Morgan fingerprint density at radius 3 is 2.44 bits per heavy atom. The number of rotatable bonds is 11. The normalized spacial score (nSPS) is 29.3. The van der Waals surface area contributed by atoms with E-state index in [2.05, 4.69) is 9.71 Å². The van der Waals surface area contributed by atoms with Gasteiger partial charge in [0.05, 0.1) is 55.9 Å². The van der Waals surface area contributed by atoms with Gasteiger partial charge in [-0.15, -0.1) is 0 Å². The van der Waals surface area contributed by atoms with Crippen molar-refractivity contribution >= 4 is 44.4 Å². The number of benzene rings is 1. The highest BCUT2D eigenvalue weighted by Crippen LogP contribution is 2.58. The van der Waals surface area contributed by atoms with Gasteiger partial charge in [0.1, 0.15) is 23.3 Å². The summed E-state index contributed by atoms with van der Waals surface area (Å²) in [4.78, 5) is 62.4. The molecule has 324 valence electrons. The predicted molar refractivity (Wildman–Crippen MR) is 205 cm³/mol. The molecule has 1 N–H and O–H groups in total. The zero-order chi connectivity index (χ0) is 43.1. The Balaban J connectivity index is 1.37. The van der Waals surface area contributed by atoms with Crippen LogP contribution in [-0.2, 0) is 38.7 Å². The third kappa shape index (κ3) is 8.93. The van der Waals surface area contributed by atoms with Crippen molar-refractivity contribution in [2.24, 2.45) is 17.3 Å². The minimum atomic E-state index is -4.92. The second-order valence-electron chi connectivity index (χ2n) is 16.7. The van der Waals surface area contributed by atoms with E-state index in [0.717, 1.165) is 0 Å². The molecule has 0 bridgehead atoms. The third-order valence-corrected chi connectivity index (χ3v) is 14.3. The van der Waals surface area contributed by atoms with Crippen molar-refractivity contribution in [2.45, 2.75) is 126 Å². The minimum Gasteiger partial charge on any atom is -0.494 e. The SMILES string of the molecule is CC[C@@H]1O[C@H](C)CC/C=C\[C@@H]2C[C@@]2(C(=O)NS(=O)(=O)C2(CF)CC2)CC(=O)[C@@H]2C[C@@H](Oc3ncc(OC)c4ccccc34)CN2C(=O)[C@H]1CC(=O)OC(C)(C)C(F)(F)F. The van der Waals surface area contributed by atoms with Crippen LogP contribution < -0.4 is 14.2 Å². The van der Waals surface area contributed by atoms with E-state index in [4.69, 9.17) is 18.9 Å². The van der Waals surface area contributed by atoms with Crippen molar-refractivity contribution in [1.82, 2.24) is 14.6 Å². The molecule has 13 nitrogen and oxygen atoms in total. The number of aromatic nitrogens is 1. The van der Waals surface area contributed by atoms with E-state index in [1.54, 1.807) is 50.3 Å². The van der Waals surface area contributed by atoms with Gasteiger partial charge in [-0.1, -0.05) is 37.3 Å². The van der Waals surface area contributed by atoms with Crippen LogP contribution in [0.1, 0.15) is 85.5 Å². The van der Waals surface area contributed by atoms with Gasteiger partial charge in [-0.2, -0.15) is 13.2 Å². The first-order valence-corrected chi connectivity index (χ1v) is 21.3. The van der Waals surface area contributed by atoms with Crippen LogP contribution in [0.2, 0.25) is 0 Å². The lowest BCUT2D eigenvalue weighted by molar-refractivity contribution is -0.258. The average molecular weight is 854 g/mol. The minimum absolute atomic E-state index is 0.0433. The number of allylic oxidation sites excluding steroid dienone is 2. The first-order valence-electron chi connectivity index (χ1n) is 19.9. The first kappa shape index (κ1) is 44.2. The van der Waals surface area contributed by atoms with Gasteiger partial charge in [0, 0.05) is 23.6 Å². The second kappa shape index (κ2) is 16.6. The molecule has 59 heavy (non-hydrogen) atoms. The van der Waals surface area contributed by atoms with E-state index in [9.17, 15) is 45.2 Å². The van der Waals surface area contributed by atoms with E-state index in [1.807, 2.05) is 0 Å². The van der Waals surface area contributed by atoms with Gasteiger partial charge in [-0.3, -0.25) is 23.9 Å². The maximum atomic E-state index is 14.9. The maximum absolute atomic E-state index is 14.9. The van der Waals surface area contributed by atoms with Crippen molar-refractivity contribution in [3.05, 3.63) is 42.6 Å². The number of alkyl halides is 4. The predicted octanol–water partition coefficient (Wildman–Crippen LogP) is 5.93. The smallest absolute Gasteiger partial charge is 0.427 e. The molecule has 2 aromatic rings. The standard InChI is InChI=1S/C41H51F4N3O10S/c1-6-32-29(18-34(50)58-38(3,4)41(43,44)45)36(51)48-22-26(57-35-28-14-10-9-13-27(28)33(55-5)21-46-35)17-30(48)31(49)20-40(19-25(40)12-8-7-11-24(2)56-32)37(52)47-59(53,54)39(23-42)15-16-39/h8-10,12-14,21,24-26,29-30,32H,6-7,11,15-20,22-23H2,1-5H3,(H,47,52)/b12-8-/t24-,25-,26-,29+,30+,32+,40-/m1/s1. The van der Waals surface area contributed by atoms with Crippen molar-refractivity contribution in [1.29, 1.82) is 0 Å². The van der Waals surface area contributed by atoms with Crippen LogP contribution >= 0.6 is 0 Å². The monoisotopic (exact) mass is 853 g/mol. The lowest BCUT2D eigenvalue weighted by atomic mass is 9.90. The molecule has 3 fully saturated rings. The van der Waals surface area contributed by atoms with Crippen molar-refractivity contribution in [3.63, 3.8) is 0 Å². The van der Waals surface area contributed by atoms with E-state index in [0.29, 0.717) is 43.2 Å². The summed E-state index contributed by atoms with van der Waals surface area (Å²) in [5, 5.41) is 1.25. The number of carbonyl (C=O) groups is 4. The fraction of sp³-hybridized carbons (Fsp3) is 0.634. The summed E-state index contributed by atoms with van der Waals surface area (Å²) < 4.78 is 105. The van der Waals surface area contributed by atoms with Crippen LogP contribution in [0, 0.1) is 17.3 Å². The maximum Gasteiger partial charge on any atom is 0.427 e. The van der Waals surface area contributed by atoms with Gasteiger partial charge >= 0.3 is 12.1 Å². The fourth-order valence-electron chi connectivity index (χ4n) is 8.08. The van der Waals surface area contributed by atoms with Crippen LogP contribution in [0.5, 0.6) is 11.6 Å². The zero-order valence-corrected chi connectivity index (χ0v) is 34.5. The highest BCUT2D eigenvalue weighted by molar-refractivity contribution is 7.91. The number of hydrogen-bond donors (Lipinski definition) is 1. The largest absolute Gasteiger partial charge is 0.494 e. The number of halogens is 4. The molecular formula is C41H51F4N3O10S. The summed E-state index contributed by atoms with van der Waals surface area (Å²) in [6.07, 6.45) is -2.52. The number of Topliss-reactive ketones (excluding diaryl/α,β-unsaturated/α-hetero) is 1. The number of sulfonamides is 1. The molecule has 6 rings (SSSR count). The molecule has 4 aliphatic rings. The van der Waals surface area contributed by atoms with E-state index < -0.39 is 111 Å². The number of esters is 1. The molecule has 0 radical (unpaired) electrons. The lowest BCUT2D eigenvalue weighted by Crippen LogP contribution is -2.50. The molecule has 1 saturated heterocycles. The summed E-state index contributed by atoms with van der Waals surface area (Å²) in [6.45, 7) is 3.45. The number of nitrogens with zero attached hydrogens (tertiary/aromatic N) is 2. The highest BCUT2D eigenvalue weighted by Gasteiger charge is 2.63. The van der Waals surface area contributed by atoms with Gasteiger partial charge in [-0.25, -0.2) is 17.8 Å². The number of amides is 2. The molecule has 2 aliphatic heterocycles. The van der Waals surface area contributed by atoms with Gasteiger partial charge in [0.15, 0.2) is 5.78 Å². The van der Waals surface area contributed by atoms with E-state index >= 15 is 0 Å². The lowest BCUT2D eigenvalue weighted by Gasteiger charge is -2.34. The summed E-state index contributed by atoms with van der Waals surface area (Å²) in [7, 11) is -2.95. The third-order valence-electron chi connectivity index (χ3n) is 12.2. The van der Waals surface area contributed by atoms with E-state index in [-0.39, 0.29) is 44.5 Å². The first-order chi connectivity index (χ1) is 27.7. The molecule has 2 aliphatic carbocycles. The molecular weight excluding hydrogens is 803 g/mol. The van der Waals surface area contributed by atoms with Gasteiger partial charge in [-0.05, 0) is 71.3 Å². The van der Waals surface area contributed by atoms with E-state index in [1.165, 1.54) is 18.2 Å². The number of carbonyl (C=O) groups excluding carboxylic acids is 4. The Morgan fingerprint density at radius 1 is 1.12 bits per heavy atom. The number of ether oxygens (including phenoxy) is 4. The number of hydrogen-bond acceptors (Lipinski definition) is 11. The molecule has 7 atom stereocenters. The molecule has 2 saturated carbocycles. The topological polar surface area (TPSA) is 167 Å². The van der Waals surface area contributed by atoms with Gasteiger partial charge < -0.3 is 23.8 Å². The van der Waals surface area contributed by atoms with Gasteiger partial charge in [0.25, 0.3) is 0 Å². The van der Waals surface area contributed by atoms with Crippen molar-refractivity contribution in [2.75, 3.05) is 20.3 Å². The number of nitrogens with one attached hydrogen (secondary N) is 1. The molecule has 0 unspecified atom stereocenters. The number of methoxy groups -OCH3 is 1. The number of fused-ring (bicyclic) bond motifs is 3. The fourth-order valence-corrected chi connectivity index (χ4v) is 9.53. The summed E-state index contributed by atoms with van der Waals surface area (Å²) in [5.74, 6) is -4.95. The van der Waals surface area contributed by atoms with Gasteiger partial charge in [0.2, 0.25) is 33.3 Å². The molecule has 0 spiro atoms.